The van der Waals surface area contributed by atoms with Crippen LogP contribution in [-0.4, -0.2) is 22.6 Å². The maximum absolute atomic E-state index is 13.9. The quantitative estimate of drug-likeness (QED) is 0.378. The summed E-state index contributed by atoms with van der Waals surface area (Å²) in [5, 5.41) is 8.22. The maximum atomic E-state index is 13.9. The normalized spacial score (nSPS) is 15.2. The molecule has 1 aliphatic rings. The van der Waals surface area contributed by atoms with E-state index in [1.165, 1.54) is 31.6 Å². The smallest absolute Gasteiger partial charge is 0.226 e. The summed E-state index contributed by atoms with van der Waals surface area (Å²) in [6.07, 6.45) is 8.69. The summed E-state index contributed by atoms with van der Waals surface area (Å²) in [6, 6.07) is 9.41. The van der Waals surface area contributed by atoms with Crippen LogP contribution in [0.1, 0.15) is 43.4 Å². The van der Waals surface area contributed by atoms with Gasteiger partial charge in [-0.2, -0.15) is 5.10 Å². The van der Waals surface area contributed by atoms with Crippen molar-refractivity contribution < 1.29 is 14.0 Å². The lowest BCUT2D eigenvalue weighted by Crippen LogP contribution is -2.02. The Morgan fingerprint density at radius 1 is 1.28 bits per heavy atom. The minimum Gasteiger partial charge on any atom is -0.439 e. The van der Waals surface area contributed by atoms with Crippen LogP contribution in [0.5, 0.6) is 11.6 Å². The molecule has 1 aromatic heterocycles. The molecule has 1 saturated carbocycles. The van der Waals surface area contributed by atoms with Crippen molar-refractivity contribution in [1.82, 2.24) is 9.78 Å². The number of hydrogen-bond acceptors (Lipinski definition) is 4. The fraction of sp³-hybridized carbons (Fsp3) is 0.391. The van der Waals surface area contributed by atoms with Crippen LogP contribution in [0.25, 0.3) is 0 Å². The van der Waals surface area contributed by atoms with Crippen LogP contribution in [-0.2, 0) is 11.9 Å². The fourth-order valence-corrected chi connectivity index (χ4v) is 3.24. The molecule has 0 unspecified atom stereocenters. The van der Waals surface area contributed by atoms with Crippen molar-refractivity contribution in [1.29, 1.82) is 0 Å². The number of hydrogen-bond donors (Lipinski definition) is 0. The van der Waals surface area contributed by atoms with Gasteiger partial charge >= 0.3 is 0 Å². The van der Waals surface area contributed by atoms with E-state index in [1.807, 2.05) is 37.3 Å². The Morgan fingerprint density at radius 3 is 2.79 bits per heavy atom. The molecule has 1 aromatic carbocycles. The first-order valence-electron chi connectivity index (χ1n) is 9.91. The molecule has 2 aromatic rings. The van der Waals surface area contributed by atoms with Crippen molar-refractivity contribution in [2.45, 2.75) is 39.0 Å². The van der Waals surface area contributed by atoms with E-state index in [1.54, 1.807) is 11.7 Å². The molecule has 1 heterocycles. The molecule has 0 radical (unpaired) electrons. The molecule has 5 nitrogen and oxygen atoms in total. The Morgan fingerprint density at radius 2 is 2.03 bits per heavy atom. The first kappa shape index (κ1) is 20.7. The van der Waals surface area contributed by atoms with Crippen LogP contribution in [0.4, 0.5) is 4.39 Å². The molecule has 3 rings (SSSR count). The highest BCUT2D eigenvalue weighted by atomic mass is 19.1. The summed E-state index contributed by atoms with van der Waals surface area (Å²) in [7, 11) is 1.79. The van der Waals surface area contributed by atoms with Gasteiger partial charge in [-0.05, 0) is 31.9 Å². The molecule has 0 N–H and O–H groups in total. The summed E-state index contributed by atoms with van der Waals surface area (Å²) in [4.78, 5) is 5.08. The Labute approximate surface area is 171 Å². The third-order valence-corrected chi connectivity index (χ3v) is 4.75. The van der Waals surface area contributed by atoms with Crippen molar-refractivity contribution in [3.8, 4) is 23.5 Å². The third-order valence-electron chi connectivity index (χ3n) is 4.75. The Balaban J connectivity index is 1.56. The van der Waals surface area contributed by atoms with Gasteiger partial charge in [-0.15, -0.1) is 0 Å². The van der Waals surface area contributed by atoms with E-state index >= 15 is 0 Å². The Kier molecular flexibility index (Phi) is 7.46. The molecule has 0 bridgehead atoms. The van der Waals surface area contributed by atoms with Crippen molar-refractivity contribution in [2.24, 2.45) is 18.1 Å². The van der Waals surface area contributed by atoms with E-state index in [-0.39, 0.29) is 6.61 Å². The summed E-state index contributed by atoms with van der Waals surface area (Å²) in [5.41, 5.74) is 1.41. The van der Waals surface area contributed by atoms with Crippen LogP contribution in [0.3, 0.4) is 0 Å². The van der Waals surface area contributed by atoms with Crippen molar-refractivity contribution in [3.05, 3.63) is 53.5 Å². The summed E-state index contributed by atoms with van der Waals surface area (Å²) in [5.74, 6) is 7.10. The second kappa shape index (κ2) is 10.5. The van der Waals surface area contributed by atoms with Gasteiger partial charge in [-0.3, -0.25) is 0 Å². The number of benzene rings is 1. The molecule has 0 saturated heterocycles. The van der Waals surface area contributed by atoms with Crippen LogP contribution in [0.15, 0.2) is 47.4 Å². The molecule has 1 aliphatic carbocycles. The number of allylic oxidation sites excluding steroid dienone is 1. The zero-order chi connectivity index (χ0) is 20.5. The Hall–Kier alpha value is -3.07. The van der Waals surface area contributed by atoms with Gasteiger partial charge in [0.15, 0.2) is 6.61 Å². The summed E-state index contributed by atoms with van der Waals surface area (Å²) in [6.45, 7) is 1.59. The number of nitrogens with zero attached hydrogens (tertiary/aromatic N) is 3. The molecule has 152 valence electrons. The molecule has 0 spiro atoms. The number of para-hydroxylation sites is 1. The highest BCUT2D eigenvalue weighted by molar-refractivity contribution is 5.84. The molecule has 1 fully saturated rings. The highest BCUT2D eigenvalue weighted by Gasteiger charge is 2.14. The number of rotatable bonds is 6. The predicted molar refractivity (Wildman–Crippen MR) is 112 cm³/mol. The minimum atomic E-state index is -0.450. The monoisotopic (exact) mass is 395 g/mol. The lowest BCUT2D eigenvalue weighted by molar-refractivity contribution is 0.154. The topological polar surface area (TPSA) is 48.6 Å². The van der Waals surface area contributed by atoms with Gasteiger partial charge in [0.1, 0.15) is 11.6 Å². The van der Waals surface area contributed by atoms with E-state index in [4.69, 9.17) is 9.57 Å². The van der Waals surface area contributed by atoms with Crippen LogP contribution >= 0.6 is 0 Å². The van der Waals surface area contributed by atoms with E-state index in [0.29, 0.717) is 23.1 Å². The zero-order valence-electron chi connectivity index (χ0n) is 16.9. The lowest BCUT2D eigenvalue weighted by atomic mass is 9.90. The lowest BCUT2D eigenvalue weighted by Gasteiger charge is -2.15. The van der Waals surface area contributed by atoms with Crippen molar-refractivity contribution >= 4 is 6.21 Å². The second-order valence-electron chi connectivity index (χ2n) is 7.07. The van der Waals surface area contributed by atoms with Crippen LogP contribution in [0.2, 0.25) is 0 Å². The van der Waals surface area contributed by atoms with Crippen molar-refractivity contribution in [2.75, 3.05) is 6.61 Å². The number of aryl methyl sites for hydroxylation is 2. The van der Waals surface area contributed by atoms with E-state index < -0.39 is 5.83 Å². The maximum Gasteiger partial charge on any atom is 0.226 e. The first-order chi connectivity index (χ1) is 14.1. The number of aromatic nitrogens is 2. The molecular formula is C23H26FN3O2. The molecule has 0 atom stereocenters. The van der Waals surface area contributed by atoms with Gasteiger partial charge in [0, 0.05) is 19.0 Å². The molecule has 0 aliphatic heterocycles. The number of ether oxygens (including phenoxy) is 1. The van der Waals surface area contributed by atoms with Crippen LogP contribution < -0.4 is 4.74 Å². The first-order valence-corrected chi connectivity index (χ1v) is 9.91. The van der Waals surface area contributed by atoms with Gasteiger partial charge in [0.2, 0.25) is 5.88 Å². The van der Waals surface area contributed by atoms with Gasteiger partial charge in [-0.25, -0.2) is 9.07 Å². The van der Waals surface area contributed by atoms with Crippen molar-refractivity contribution in [3.63, 3.8) is 0 Å². The standard InChI is InChI=1S/C23H26FN3O2/c1-18-22(23(27(2)26-18)29-21-14-7-4-8-15-21)16-25-28-17-20(24)13-9-12-19-10-5-3-6-11-19/h4,7-8,13-16,19H,3,5-6,10-11,17H2,1-2H3. The van der Waals surface area contributed by atoms with Crippen LogP contribution in [0, 0.1) is 24.7 Å². The molecule has 29 heavy (non-hydrogen) atoms. The molecular weight excluding hydrogens is 369 g/mol. The summed E-state index contributed by atoms with van der Waals surface area (Å²) >= 11 is 0. The van der Waals surface area contributed by atoms with E-state index in [9.17, 15) is 4.39 Å². The SMILES string of the molecule is Cc1nn(C)c(Oc2ccccc2)c1C=NOCC(F)=CC#CC1CCCCC1. The zero-order valence-corrected chi connectivity index (χ0v) is 16.9. The number of oxime groups is 1. The second-order valence-corrected chi connectivity index (χ2v) is 7.07. The Bertz CT molecular complexity index is 917. The van der Waals surface area contributed by atoms with E-state index in [2.05, 4.69) is 22.1 Å². The van der Waals surface area contributed by atoms with Gasteiger partial charge in [-0.1, -0.05) is 54.5 Å². The molecule has 6 heteroatoms. The minimum absolute atomic E-state index is 0.260. The van der Waals surface area contributed by atoms with Gasteiger partial charge in [0.05, 0.1) is 17.5 Å². The summed E-state index contributed by atoms with van der Waals surface area (Å²) < 4.78 is 21.4. The number of halogens is 1. The average Bonchev–Trinajstić information content (AvgIpc) is 2.99. The average molecular weight is 395 g/mol. The largest absolute Gasteiger partial charge is 0.439 e. The van der Waals surface area contributed by atoms with Gasteiger partial charge in [0.25, 0.3) is 0 Å². The molecule has 0 amide bonds. The highest BCUT2D eigenvalue weighted by Crippen LogP contribution is 2.26. The van der Waals surface area contributed by atoms with E-state index in [0.717, 1.165) is 18.5 Å². The predicted octanol–water partition coefficient (Wildman–Crippen LogP) is 5.31. The fourth-order valence-electron chi connectivity index (χ4n) is 3.24. The van der Waals surface area contributed by atoms with Gasteiger partial charge < -0.3 is 9.57 Å². The third kappa shape index (κ3) is 6.21.